The first-order valence-corrected chi connectivity index (χ1v) is 6.27. The zero-order valence-corrected chi connectivity index (χ0v) is 10.7. The third-order valence-electron chi connectivity index (χ3n) is 1.83. The van der Waals surface area contributed by atoms with Crippen LogP contribution in [-0.2, 0) is 0 Å². The Hall–Kier alpha value is -0.560. The van der Waals surface area contributed by atoms with Crippen molar-refractivity contribution in [1.29, 1.82) is 0 Å². The van der Waals surface area contributed by atoms with Crippen molar-refractivity contribution in [3.63, 3.8) is 0 Å². The van der Waals surface area contributed by atoms with E-state index in [1.54, 1.807) is 18.2 Å². The summed E-state index contributed by atoms with van der Waals surface area (Å²) in [6.45, 7) is -0.330. The number of aromatic carboxylic acids is 1. The van der Waals surface area contributed by atoms with Gasteiger partial charge in [-0.25, -0.2) is 4.79 Å². The third-order valence-corrected chi connectivity index (χ3v) is 3.69. The number of hydrogen-bond acceptors (Lipinski definition) is 4. The number of benzene rings is 1. The highest BCUT2D eigenvalue weighted by atomic mass is 79.9. The van der Waals surface area contributed by atoms with E-state index in [1.807, 2.05) is 0 Å². The molecule has 3 N–H and O–H groups in total. The van der Waals surface area contributed by atoms with Crippen molar-refractivity contribution in [3.8, 4) is 0 Å². The van der Waals surface area contributed by atoms with Crippen molar-refractivity contribution in [2.24, 2.45) is 0 Å². The summed E-state index contributed by atoms with van der Waals surface area (Å²) in [6.07, 6.45) is -0.842. The number of halogens is 1. The lowest BCUT2D eigenvalue weighted by atomic mass is 10.2. The molecule has 0 spiro atoms. The van der Waals surface area contributed by atoms with E-state index in [2.05, 4.69) is 15.9 Å². The molecule has 0 fully saturated rings. The molecular formula is C10H11BrO4S. The molecule has 1 atom stereocenters. The molecule has 4 nitrogen and oxygen atoms in total. The van der Waals surface area contributed by atoms with Gasteiger partial charge in [0.2, 0.25) is 0 Å². The molecule has 1 unspecified atom stereocenters. The second-order valence-electron chi connectivity index (χ2n) is 3.07. The summed E-state index contributed by atoms with van der Waals surface area (Å²) in [5.41, 5.74) is 0.178. The van der Waals surface area contributed by atoms with Crippen LogP contribution in [-0.4, -0.2) is 39.8 Å². The molecule has 16 heavy (non-hydrogen) atoms. The van der Waals surface area contributed by atoms with Gasteiger partial charge in [0, 0.05) is 15.1 Å². The maximum atomic E-state index is 11.0. The van der Waals surface area contributed by atoms with E-state index in [0.717, 1.165) is 0 Å². The van der Waals surface area contributed by atoms with Crippen LogP contribution in [0, 0.1) is 0 Å². The first kappa shape index (κ1) is 13.5. The lowest BCUT2D eigenvalue weighted by Crippen LogP contribution is -2.15. The van der Waals surface area contributed by atoms with Gasteiger partial charge >= 0.3 is 5.97 Å². The molecule has 0 amide bonds. The van der Waals surface area contributed by atoms with Crippen LogP contribution in [0.5, 0.6) is 0 Å². The summed E-state index contributed by atoms with van der Waals surface area (Å²) >= 11 is 4.37. The molecule has 0 aliphatic rings. The van der Waals surface area contributed by atoms with Gasteiger partial charge in [0.1, 0.15) is 0 Å². The molecule has 0 heterocycles. The van der Waals surface area contributed by atoms with Crippen molar-refractivity contribution in [1.82, 2.24) is 0 Å². The number of thioether (sulfide) groups is 1. The van der Waals surface area contributed by atoms with Crippen LogP contribution in [0.15, 0.2) is 27.6 Å². The second kappa shape index (κ2) is 6.24. The third kappa shape index (κ3) is 3.48. The molecule has 0 bridgehead atoms. The fraction of sp³-hybridized carbons (Fsp3) is 0.300. The van der Waals surface area contributed by atoms with E-state index in [4.69, 9.17) is 10.2 Å². The van der Waals surface area contributed by atoms with E-state index < -0.39 is 12.1 Å². The van der Waals surface area contributed by atoms with E-state index >= 15 is 0 Å². The predicted molar refractivity (Wildman–Crippen MR) is 64.9 cm³/mol. The Balaban J connectivity index is 2.87. The molecule has 0 aromatic heterocycles. The zero-order valence-electron chi connectivity index (χ0n) is 8.26. The van der Waals surface area contributed by atoms with Gasteiger partial charge in [-0.2, -0.15) is 0 Å². The number of hydrogen-bond donors (Lipinski definition) is 3. The normalized spacial score (nSPS) is 12.4. The monoisotopic (exact) mass is 306 g/mol. The first-order valence-electron chi connectivity index (χ1n) is 4.49. The van der Waals surface area contributed by atoms with E-state index in [0.29, 0.717) is 9.37 Å². The van der Waals surface area contributed by atoms with Gasteiger partial charge in [0.05, 0.1) is 18.3 Å². The minimum Gasteiger partial charge on any atom is -0.478 e. The van der Waals surface area contributed by atoms with Gasteiger partial charge in [-0.15, -0.1) is 11.8 Å². The second-order valence-corrected chi connectivity index (χ2v) is 4.98. The predicted octanol–water partition coefficient (Wildman–Crippen LogP) is 1.59. The summed E-state index contributed by atoms with van der Waals surface area (Å²) < 4.78 is 0.503. The Kier molecular flexibility index (Phi) is 5.27. The minimum atomic E-state index is -1.02. The number of carbonyl (C=O) groups is 1. The average molecular weight is 307 g/mol. The van der Waals surface area contributed by atoms with Gasteiger partial charge in [-0.05, 0) is 28.1 Å². The summed E-state index contributed by atoms with van der Waals surface area (Å²) in [4.78, 5) is 11.6. The Morgan fingerprint density at radius 1 is 1.50 bits per heavy atom. The molecule has 6 heteroatoms. The summed E-state index contributed by atoms with van der Waals surface area (Å²) in [5.74, 6) is -0.763. The van der Waals surface area contributed by atoms with Crippen LogP contribution >= 0.6 is 27.7 Å². The molecule has 1 rings (SSSR count). The molecule has 88 valence electrons. The van der Waals surface area contributed by atoms with Gasteiger partial charge in [0.25, 0.3) is 0 Å². The standard InChI is InChI=1S/C10H11BrO4S/c11-7-2-1-3-8(9(7)10(14)15)16-5-6(13)4-12/h1-3,6,12-13H,4-5H2,(H,14,15). The zero-order chi connectivity index (χ0) is 12.1. The fourth-order valence-electron chi connectivity index (χ4n) is 1.07. The Bertz CT molecular complexity index is 383. The van der Waals surface area contributed by atoms with Crippen LogP contribution in [0.2, 0.25) is 0 Å². The van der Waals surface area contributed by atoms with Gasteiger partial charge in [0.15, 0.2) is 0 Å². The van der Waals surface area contributed by atoms with Crippen molar-refractivity contribution in [2.45, 2.75) is 11.0 Å². The highest BCUT2D eigenvalue weighted by molar-refractivity contribution is 9.10. The maximum Gasteiger partial charge on any atom is 0.337 e. The van der Waals surface area contributed by atoms with Gasteiger partial charge in [-0.1, -0.05) is 6.07 Å². The van der Waals surface area contributed by atoms with Crippen molar-refractivity contribution in [3.05, 3.63) is 28.2 Å². The van der Waals surface area contributed by atoms with Crippen molar-refractivity contribution in [2.75, 3.05) is 12.4 Å². The average Bonchev–Trinajstić information content (AvgIpc) is 2.25. The van der Waals surface area contributed by atoms with Crippen LogP contribution in [0.25, 0.3) is 0 Å². The van der Waals surface area contributed by atoms with Gasteiger partial charge < -0.3 is 15.3 Å². The van der Waals surface area contributed by atoms with Crippen molar-refractivity contribution >= 4 is 33.7 Å². The Morgan fingerprint density at radius 2 is 2.19 bits per heavy atom. The lowest BCUT2D eigenvalue weighted by Gasteiger charge is -2.09. The lowest BCUT2D eigenvalue weighted by molar-refractivity contribution is 0.0692. The highest BCUT2D eigenvalue weighted by Gasteiger charge is 2.15. The molecule has 0 aliphatic heterocycles. The first-order chi connectivity index (χ1) is 7.56. The van der Waals surface area contributed by atoms with E-state index in [-0.39, 0.29) is 17.9 Å². The Morgan fingerprint density at radius 3 is 2.75 bits per heavy atom. The number of rotatable bonds is 5. The molecule has 1 aromatic carbocycles. The Labute approximate surface area is 105 Å². The van der Waals surface area contributed by atoms with Crippen LogP contribution < -0.4 is 0 Å². The fourth-order valence-corrected chi connectivity index (χ4v) is 2.73. The molecule has 0 saturated carbocycles. The quantitative estimate of drug-likeness (QED) is 0.720. The van der Waals surface area contributed by atoms with Crippen LogP contribution in [0.3, 0.4) is 0 Å². The number of aliphatic hydroxyl groups is 2. The van der Waals surface area contributed by atoms with Crippen LogP contribution in [0.4, 0.5) is 0 Å². The summed E-state index contributed by atoms with van der Waals surface area (Å²) in [7, 11) is 0. The van der Waals surface area contributed by atoms with Crippen LogP contribution in [0.1, 0.15) is 10.4 Å². The molecule has 0 aliphatic carbocycles. The number of carboxylic acids is 1. The maximum absolute atomic E-state index is 11.0. The SMILES string of the molecule is O=C(O)c1c(Br)cccc1SCC(O)CO. The minimum absolute atomic E-state index is 0.178. The van der Waals surface area contributed by atoms with Gasteiger partial charge in [-0.3, -0.25) is 0 Å². The van der Waals surface area contributed by atoms with E-state index in [9.17, 15) is 9.90 Å². The topological polar surface area (TPSA) is 77.8 Å². The molecule has 0 saturated heterocycles. The number of aliphatic hydroxyl groups excluding tert-OH is 2. The highest BCUT2D eigenvalue weighted by Crippen LogP contribution is 2.29. The smallest absolute Gasteiger partial charge is 0.337 e. The van der Waals surface area contributed by atoms with E-state index in [1.165, 1.54) is 11.8 Å². The molecule has 1 aromatic rings. The summed E-state index contributed by atoms with van der Waals surface area (Å²) in [5, 5.41) is 26.9. The molecular weight excluding hydrogens is 296 g/mol. The number of carboxylic acid groups (broad SMARTS) is 1. The van der Waals surface area contributed by atoms with Crippen molar-refractivity contribution < 1.29 is 20.1 Å². The molecule has 0 radical (unpaired) electrons. The summed E-state index contributed by atoms with van der Waals surface area (Å²) in [6, 6.07) is 5.04. The largest absolute Gasteiger partial charge is 0.478 e.